The van der Waals surface area contributed by atoms with E-state index in [-0.39, 0.29) is 5.91 Å². The summed E-state index contributed by atoms with van der Waals surface area (Å²) in [5.41, 5.74) is 0.588. The molecule has 0 bridgehead atoms. The molecule has 1 rings (SSSR count). The first kappa shape index (κ1) is 15.9. The first-order valence-corrected chi connectivity index (χ1v) is 7.46. The normalized spacial score (nSPS) is 10.6. The number of nitrogens with one attached hydrogen (secondary N) is 1. The molecule has 5 heteroatoms. The number of ether oxygens (including phenoxy) is 1. The lowest BCUT2D eigenvalue weighted by molar-refractivity contribution is 0.0949. The Kier molecular flexibility index (Phi) is 6.73. The Hall–Kier alpha value is -1.20. The van der Waals surface area contributed by atoms with E-state index < -0.39 is 0 Å². The molecule has 19 heavy (non-hydrogen) atoms. The van der Waals surface area contributed by atoms with Gasteiger partial charge in [-0.2, -0.15) is 0 Å². The van der Waals surface area contributed by atoms with Gasteiger partial charge in [0.05, 0.1) is 12.7 Å². The molecule has 0 aliphatic heterocycles. The summed E-state index contributed by atoms with van der Waals surface area (Å²) in [5.74, 6) is 0.542. The van der Waals surface area contributed by atoms with Crippen LogP contribution in [-0.2, 0) is 0 Å². The minimum Gasteiger partial charge on any atom is -0.496 e. The zero-order valence-corrected chi connectivity index (χ0v) is 12.8. The molecule has 0 saturated heterocycles. The van der Waals surface area contributed by atoms with Crippen LogP contribution >= 0.6 is 11.8 Å². The number of benzene rings is 1. The van der Waals surface area contributed by atoms with Gasteiger partial charge >= 0.3 is 0 Å². The fraction of sp³-hybridized carbons (Fsp3) is 0.500. The zero-order valence-electron chi connectivity index (χ0n) is 12.0. The molecule has 1 aromatic carbocycles. The van der Waals surface area contributed by atoms with E-state index in [1.165, 1.54) is 0 Å². The highest BCUT2D eigenvalue weighted by molar-refractivity contribution is 7.98. The lowest BCUT2D eigenvalue weighted by Crippen LogP contribution is -2.27. The van der Waals surface area contributed by atoms with E-state index in [1.54, 1.807) is 18.9 Å². The average Bonchev–Trinajstić information content (AvgIpc) is 2.42. The second kappa shape index (κ2) is 8.07. The van der Waals surface area contributed by atoms with Gasteiger partial charge in [-0.15, -0.1) is 11.8 Å². The first-order chi connectivity index (χ1) is 9.08. The molecule has 1 N–H and O–H groups in total. The molecule has 0 atom stereocenters. The van der Waals surface area contributed by atoms with Gasteiger partial charge < -0.3 is 15.0 Å². The van der Waals surface area contributed by atoms with Crippen LogP contribution < -0.4 is 10.1 Å². The van der Waals surface area contributed by atoms with Crippen LogP contribution in [-0.4, -0.2) is 51.4 Å². The molecule has 0 aromatic heterocycles. The van der Waals surface area contributed by atoms with Crippen molar-refractivity contribution in [1.82, 2.24) is 10.2 Å². The van der Waals surface area contributed by atoms with Crippen molar-refractivity contribution >= 4 is 17.7 Å². The molecule has 4 nitrogen and oxygen atoms in total. The predicted octanol–water partition coefficient (Wildman–Crippen LogP) is 2.10. The first-order valence-electron chi connectivity index (χ1n) is 6.23. The highest BCUT2D eigenvalue weighted by atomic mass is 32.2. The van der Waals surface area contributed by atoms with Crippen molar-refractivity contribution in [2.45, 2.75) is 11.3 Å². The molecular weight excluding hydrogens is 260 g/mol. The SMILES string of the molecule is COc1cc(SC)ccc1C(=O)NCCCN(C)C. The van der Waals surface area contributed by atoms with E-state index in [1.807, 2.05) is 38.6 Å². The van der Waals surface area contributed by atoms with Gasteiger partial charge in [0.25, 0.3) is 5.91 Å². The lowest BCUT2D eigenvalue weighted by atomic mass is 10.2. The standard InChI is InChI=1S/C14H22N2O2S/c1-16(2)9-5-8-15-14(17)12-7-6-11(19-4)10-13(12)18-3/h6-7,10H,5,8-9H2,1-4H3,(H,15,17). The maximum Gasteiger partial charge on any atom is 0.255 e. The van der Waals surface area contributed by atoms with E-state index in [9.17, 15) is 4.79 Å². The van der Waals surface area contributed by atoms with Crippen LogP contribution in [0.4, 0.5) is 0 Å². The number of methoxy groups -OCH3 is 1. The van der Waals surface area contributed by atoms with Crippen LogP contribution in [0.3, 0.4) is 0 Å². The summed E-state index contributed by atoms with van der Waals surface area (Å²) >= 11 is 1.63. The van der Waals surface area contributed by atoms with Crippen LogP contribution in [0.1, 0.15) is 16.8 Å². The van der Waals surface area contributed by atoms with Crippen molar-refractivity contribution in [3.63, 3.8) is 0 Å². The van der Waals surface area contributed by atoms with Gasteiger partial charge in [0, 0.05) is 11.4 Å². The third kappa shape index (κ3) is 5.12. The van der Waals surface area contributed by atoms with Crippen molar-refractivity contribution in [3.05, 3.63) is 23.8 Å². The minimum absolute atomic E-state index is 0.0803. The number of carbonyl (C=O) groups is 1. The Morgan fingerprint density at radius 2 is 2.16 bits per heavy atom. The van der Waals surface area contributed by atoms with E-state index in [2.05, 4.69) is 10.2 Å². The van der Waals surface area contributed by atoms with Crippen molar-refractivity contribution in [2.75, 3.05) is 40.6 Å². The molecule has 0 unspecified atom stereocenters. The van der Waals surface area contributed by atoms with Crippen LogP contribution in [0.25, 0.3) is 0 Å². The lowest BCUT2D eigenvalue weighted by Gasteiger charge is -2.12. The second-order valence-corrected chi connectivity index (χ2v) is 5.36. The molecule has 0 fully saturated rings. The zero-order chi connectivity index (χ0) is 14.3. The third-order valence-electron chi connectivity index (χ3n) is 2.72. The summed E-state index contributed by atoms with van der Waals surface area (Å²) < 4.78 is 5.27. The maximum atomic E-state index is 12.1. The van der Waals surface area contributed by atoms with Crippen LogP contribution in [0.2, 0.25) is 0 Å². The molecule has 1 aromatic rings. The fourth-order valence-electron chi connectivity index (χ4n) is 1.68. The quantitative estimate of drug-likeness (QED) is 0.614. The Morgan fingerprint density at radius 3 is 2.74 bits per heavy atom. The molecular formula is C14H22N2O2S. The van der Waals surface area contributed by atoms with Crippen LogP contribution in [0, 0.1) is 0 Å². The fourth-order valence-corrected chi connectivity index (χ4v) is 2.11. The Bertz CT molecular complexity index is 422. The molecule has 0 saturated carbocycles. The summed E-state index contributed by atoms with van der Waals surface area (Å²) in [5, 5.41) is 2.91. The highest BCUT2D eigenvalue weighted by Gasteiger charge is 2.12. The maximum absolute atomic E-state index is 12.1. The predicted molar refractivity (Wildman–Crippen MR) is 80.3 cm³/mol. The van der Waals surface area contributed by atoms with Crippen molar-refractivity contribution in [1.29, 1.82) is 0 Å². The number of nitrogens with zero attached hydrogens (tertiary/aromatic N) is 1. The monoisotopic (exact) mass is 282 g/mol. The Labute approximate surface area is 119 Å². The largest absolute Gasteiger partial charge is 0.496 e. The van der Waals surface area contributed by atoms with Crippen molar-refractivity contribution in [2.24, 2.45) is 0 Å². The number of thioether (sulfide) groups is 1. The molecule has 0 spiro atoms. The van der Waals surface area contributed by atoms with Crippen LogP contribution in [0.5, 0.6) is 5.75 Å². The Morgan fingerprint density at radius 1 is 1.42 bits per heavy atom. The number of rotatable bonds is 7. The van der Waals surface area contributed by atoms with Gasteiger partial charge in [0.1, 0.15) is 5.75 Å². The molecule has 0 aliphatic rings. The number of hydrogen-bond acceptors (Lipinski definition) is 4. The number of carbonyl (C=O) groups excluding carboxylic acids is 1. The molecule has 1 amide bonds. The van der Waals surface area contributed by atoms with Crippen molar-refractivity contribution < 1.29 is 9.53 Å². The minimum atomic E-state index is -0.0803. The van der Waals surface area contributed by atoms with Gasteiger partial charge in [0.2, 0.25) is 0 Å². The summed E-state index contributed by atoms with van der Waals surface area (Å²) in [6.07, 6.45) is 2.93. The molecule has 0 radical (unpaired) electrons. The van der Waals surface area contributed by atoms with Crippen molar-refractivity contribution in [3.8, 4) is 5.75 Å². The summed E-state index contributed by atoms with van der Waals surface area (Å²) in [6, 6.07) is 5.63. The van der Waals surface area contributed by atoms with E-state index >= 15 is 0 Å². The summed E-state index contributed by atoms with van der Waals surface area (Å²) in [6.45, 7) is 1.63. The van der Waals surface area contributed by atoms with Gasteiger partial charge in [-0.3, -0.25) is 4.79 Å². The molecule has 106 valence electrons. The van der Waals surface area contributed by atoms with Gasteiger partial charge in [-0.25, -0.2) is 0 Å². The topological polar surface area (TPSA) is 41.6 Å². The van der Waals surface area contributed by atoms with Crippen LogP contribution in [0.15, 0.2) is 23.1 Å². The summed E-state index contributed by atoms with van der Waals surface area (Å²) in [4.78, 5) is 15.2. The highest BCUT2D eigenvalue weighted by Crippen LogP contribution is 2.25. The average molecular weight is 282 g/mol. The molecule has 0 aliphatic carbocycles. The smallest absolute Gasteiger partial charge is 0.255 e. The van der Waals surface area contributed by atoms with E-state index in [0.29, 0.717) is 17.9 Å². The van der Waals surface area contributed by atoms with Gasteiger partial charge in [-0.1, -0.05) is 0 Å². The van der Waals surface area contributed by atoms with E-state index in [0.717, 1.165) is 17.9 Å². The van der Waals surface area contributed by atoms with Gasteiger partial charge in [-0.05, 0) is 51.5 Å². The molecule has 0 heterocycles. The third-order valence-corrected chi connectivity index (χ3v) is 3.45. The van der Waals surface area contributed by atoms with Gasteiger partial charge in [0.15, 0.2) is 0 Å². The number of amides is 1. The summed E-state index contributed by atoms with van der Waals surface area (Å²) in [7, 11) is 5.63. The van der Waals surface area contributed by atoms with E-state index in [4.69, 9.17) is 4.74 Å². The Balaban J connectivity index is 2.61. The number of hydrogen-bond donors (Lipinski definition) is 1. The second-order valence-electron chi connectivity index (χ2n) is 4.48.